The molecule has 0 aliphatic rings. The van der Waals surface area contributed by atoms with E-state index >= 15 is 0 Å². The smallest absolute Gasteiger partial charge is 0.348 e. The Kier molecular flexibility index (Phi) is 8.11. The normalized spacial score (nSPS) is 7.17. The number of nitrogens with two attached hydrogens (primary N) is 1. The fraction of sp³-hybridized carbons (Fsp3) is 0.143. The molecule has 0 atom stereocenters. The molecule has 3 N–H and O–H groups in total. The number of carboxylic acid groups (broad SMARTS) is 1. The van der Waals surface area contributed by atoms with E-state index in [4.69, 9.17) is 5.11 Å². The first-order valence-electron chi connectivity index (χ1n) is 2.87. The molecule has 0 heterocycles. The van der Waals surface area contributed by atoms with Crippen molar-refractivity contribution < 1.29 is 19.5 Å². The number of aliphatic carboxylic acids is 1. The molecule has 5 heteroatoms. The highest BCUT2D eigenvalue weighted by Gasteiger charge is 1.90. The fourth-order valence-electron chi connectivity index (χ4n) is 0.0481. The summed E-state index contributed by atoms with van der Waals surface area (Å²) in [5.74, 6) is 2.81. The van der Waals surface area contributed by atoms with E-state index in [-0.39, 0.29) is 5.57 Å². The van der Waals surface area contributed by atoms with Gasteiger partial charge in [-0.15, -0.1) is 0 Å². The molecule has 68 valence electrons. The lowest BCUT2D eigenvalue weighted by molar-refractivity contribution is -0.138. The number of carboxylic acids is 1. The predicted octanol–water partition coefficient (Wildman–Crippen LogP) is 0.236. The lowest BCUT2D eigenvalue weighted by Crippen LogP contribution is -2.04. The maximum absolute atomic E-state index is 9.72. The van der Waals surface area contributed by atoms with Crippen LogP contribution in [0.2, 0.25) is 0 Å². The van der Waals surface area contributed by atoms with Crippen LogP contribution in [-0.4, -0.2) is 17.0 Å². The van der Waals surface area contributed by atoms with Crippen LogP contribution in [0.4, 0.5) is 0 Å². The number of hydrogen-bond donors (Lipinski definition) is 2. The zero-order valence-corrected chi connectivity index (χ0v) is 6.74. The van der Waals surface area contributed by atoms with Gasteiger partial charge in [0.05, 0.1) is 0 Å². The van der Waals surface area contributed by atoms with Crippen LogP contribution in [0.25, 0.3) is 0 Å². The highest BCUT2D eigenvalue weighted by atomic mass is 16.7. The molecule has 0 radical (unpaired) electrons. The van der Waals surface area contributed by atoms with Crippen molar-refractivity contribution in [1.29, 1.82) is 0 Å². The van der Waals surface area contributed by atoms with Gasteiger partial charge in [-0.2, -0.15) is 5.90 Å². The van der Waals surface area contributed by atoms with Crippen molar-refractivity contribution in [3.63, 3.8) is 0 Å². The Labute approximate surface area is 70.1 Å². The van der Waals surface area contributed by atoms with E-state index in [0.29, 0.717) is 0 Å². The minimum absolute atomic E-state index is 0.176. The average molecular weight is 173 g/mol. The van der Waals surface area contributed by atoms with E-state index in [1.807, 2.05) is 0 Å². The summed E-state index contributed by atoms with van der Waals surface area (Å²) < 4.78 is 0. The molecule has 0 aliphatic carbocycles. The van der Waals surface area contributed by atoms with Crippen LogP contribution < -0.4 is 5.90 Å². The van der Waals surface area contributed by atoms with Crippen molar-refractivity contribution in [2.24, 2.45) is 5.90 Å². The molecule has 0 aliphatic heterocycles. The van der Waals surface area contributed by atoms with Crippen LogP contribution in [0.1, 0.15) is 6.92 Å². The number of rotatable bonds is 2. The number of hydrogen-bond acceptors (Lipinski definition) is 4. The molecule has 0 rings (SSSR count). The maximum atomic E-state index is 9.72. The standard InChI is InChI=1S/C4H6O2.C3H5NO2/c1-3(2)4(5)6;1-2-3(5)6-4/h1H2,2H3,(H,5,6);2H,1,4H2. The Hall–Kier alpha value is -1.62. The minimum Gasteiger partial charge on any atom is -0.478 e. The molecule has 0 amide bonds. The Balaban J connectivity index is 0. The van der Waals surface area contributed by atoms with Gasteiger partial charge in [0.2, 0.25) is 0 Å². The van der Waals surface area contributed by atoms with Crippen LogP contribution in [0.5, 0.6) is 0 Å². The van der Waals surface area contributed by atoms with Gasteiger partial charge in [-0.3, -0.25) is 0 Å². The maximum Gasteiger partial charge on any atom is 0.348 e. The molecule has 0 saturated carbocycles. The average Bonchev–Trinajstić information content (AvgIpc) is 2.04. The third-order valence-corrected chi connectivity index (χ3v) is 0.648. The first kappa shape index (κ1) is 13.0. The highest BCUT2D eigenvalue weighted by Crippen LogP contribution is 1.81. The van der Waals surface area contributed by atoms with Gasteiger partial charge in [-0.1, -0.05) is 13.2 Å². The van der Waals surface area contributed by atoms with Crippen molar-refractivity contribution in [3.05, 3.63) is 24.8 Å². The van der Waals surface area contributed by atoms with E-state index in [1.54, 1.807) is 0 Å². The lowest BCUT2D eigenvalue weighted by atomic mass is 10.4. The van der Waals surface area contributed by atoms with Crippen LogP contribution in [-0.2, 0) is 14.4 Å². The number of carbonyl (C=O) groups is 2. The van der Waals surface area contributed by atoms with E-state index in [9.17, 15) is 9.59 Å². The first-order chi connectivity index (χ1) is 5.45. The van der Waals surface area contributed by atoms with Crippen LogP contribution in [0.15, 0.2) is 24.8 Å². The topological polar surface area (TPSA) is 89.6 Å². The van der Waals surface area contributed by atoms with Gasteiger partial charge in [0.25, 0.3) is 0 Å². The summed E-state index contributed by atoms with van der Waals surface area (Å²) in [4.78, 5) is 23.0. The van der Waals surface area contributed by atoms with Gasteiger partial charge < -0.3 is 9.94 Å². The second-order valence-electron chi connectivity index (χ2n) is 1.73. The molecule has 0 saturated heterocycles. The van der Waals surface area contributed by atoms with Crippen molar-refractivity contribution in [2.75, 3.05) is 0 Å². The van der Waals surface area contributed by atoms with E-state index in [0.717, 1.165) is 6.08 Å². The quantitative estimate of drug-likeness (QED) is 0.461. The molecule has 0 spiro atoms. The summed E-state index contributed by atoms with van der Waals surface area (Å²) in [5.41, 5.74) is 0.176. The third-order valence-electron chi connectivity index (χ3n) is 0.648. The van der Waals surface area contributed by atoms with E-state index in [1.165, 1.54) is 6.92 Å². The Morgan fingerprint density at radius 2 is 1.92 bits per heavy atom. The molecule has 12 heavy (non-hydrogen) atoms. The zero-order chi connectivity index (χ0) is 10.1. The zero-order valence-electron chi connectivity index (χ0n) is 6.74. The van der Waals surface area contributed by atoms with E-state index in [2.05, 4.69) is 23.9 Å². The lowest BCUT2D eigenvalue weighted by Gasteiger charge is -1.81. The molecule has 0 aromatic carbocycles. The SMILES string of the molecule is C=C(C)C(=O)O.C=CC(=O)ON. The molecule has 0 aromatic rings. The highest BCUT2D eigenvalue weighted by molar-refractivity contribution is 5.84. The largest absolute Gasteiger partial charge is 0.478 e. The minimum atomic E-state index is -0.935. The van der Waals surface area contributed by atoms with Crippen LogP contribution in [0.3, 0.4) is 0 Å². The van der Waals surface area contributed by atoms with Gasteiger partial charge in [-0.25, -0.2) is 9.59 Å². The van der Waals surface area contributed by atoms with Crippen LogP contribution in [0, 0.1) is 0 Å². The molecule has 0 unspecified atom stereocenters. The van der Waals surface area contributed by atoms with Gasteiger partial charge in [0.1, 0.15) is 0 Å². The van der Waals surface area contributed by atoms with Gasteiger partial charge in [-0.05, 0) is 6.92 Å². The molecule has 0 bridgehead atoms. The van der Waals surface area contributed by atoms with E-state index < -0.39 is 11.9 Å². The second-order valence-corrected chi connectivity index (χ2v) is 1.73. The van der Waals surface area contributed by atoms with Gasteiger partial charge in [0, 0.05) is 11.6 Å². The molecule has 0 aromatic heterocycles. The van der Waals surface area contributed by atoms with Crippen molar-refractivity contribution in [2.45, 2.75) is 6.92 Å². The number of carbonyl (C=O) groups excluding carboxylic acids is 1. The molecule has 5 nitrogen and oxygen atoms in total. The van der Waals surface area contributed by atoms with Crippen LogP contribution >= 0.6 is 0 Å². The Morgan fingerprint density at radius 1 is 1.58 bits per heavy atom. The third kappa shape index (κ3) is 11.2. The summed E-state index contributed by atoms with van der Waals surface area (Å²) in [6, 6.07) is 0. The van der Waals surface area contributed by atoms with Crippen molar-refractivity contribution >= 4 is 11.9 Å². The van der Waals surface area contributed by atoms with Crippen molar-refractivity contribution in [3.8, 4) is 0 Å². The monoisotopic (exact) mass is 173 g/mol. The molecular weight excluding hydrogens is 162 g/mol. The van der Waals surface area contributed by atoms with Crippen molar-refractivity contribution in [1.82, 2.24) is 0 Å². The predicted molar refractivity (Wildman–Crippen MR) is 42.9 cm³/mol. The summed E-state index contributed by atoms with van der Waals surface area (Å²) in [6.07, 6.45) is 0.986. The first-order valence-corrected chi connectivity index (χ1v) is 2.87. The Bertz CT molecular complexity index is 183. The Morgan fingerprint density at radius 3 is 1.92 bits per heavy atom. The molecule has 0 fully saturated rings. The summed E-state index contributed by atoms with van der Waals surface area (Å²) >= 11 is 0. The fourth-order valence-corrected chi connectivity index (χ4v) is 0.0481. The summed E-state index contributed by atoms with van der Waals surface area (Å²) in [5, 5.41) is 7.89. The van der Waals surface area contributed by atoms with Gasteiger partial charge >= 0.3 is 11.9 Å². The van der Waals surface area contributed by atoms with Gasteiger partial charge in [0.15, 0.2) is 0 Å². The summed E-state index contributed by atoms with van der Waals surface area (Å²) in [7, 11) is 0. The summed E-state index contributed by atoms with van der Waals surface area (Å²) in [6.45, 7) is 7.68. The second kappa shape index (κ2) is 7.49. The molecular formula is C7H11NO4.